The maximum absolute atomic E-state index is 12.6. The highest BCUT2D eigenvalue weighted by Gasteiger charge is 2.31. The Hall–Kier alpha value is -2.77. The number of imide groups is 1. The van der Waals surface area contributed by atoms with Crippen molar-refractivity contribution >= 4 is 23.7 Å². The van der Waals surface area contributed by atoms with E-state index in [1.54, 1.807) is 12.1 Å². The molecule has 1 atom stereocenters. The monoisotopic (exact) mass is 336 g/mol. The summed E-state index contributed by atoms with van der Waals surface area (Å²) in [5, 5.41) is 3.27. The zero-order valence-electron chi connectivity index (χ0n) is 13.1. The molecule has 0 aromatic heterocycles. The number of rotatable bonds is 2. The van der Waals surface area contributed by atoms with Gasteiger partial charge in [-0.05, 0) is 17.7 Å². The molecule has 0 aliphatic carbocycles. The summed E-state index contributed by atoms with van der Waals surface area (Å²) in [5.74, 6) is -1.51. The van der Waals surface area contributed by atoms with Gasteiger partial charge in [0.2, 0.25) is 5.91 Å². The second-order valence-electron chi connectivity index (χ2n) is 5.42. The minimum absolute atomic E-state index is 0.0781. The van der Waals surface area contributed by atoms with Gasteiger partial charge in [0.05, 0.1) is 0 Å². The van der Waals surface area contributed by atoms with Crippen LogP contribution in [0.15, 0.2) is 24.3 Å². The Bertz CT molecular complexity index is 643. The number of amides is 3. The van der Waals surface area contributed by atoms with Gasteiger partial charge in [-0.3, -0.25) is 14.4 Å². The van der Waals surface area contributed by atoms with Crippen molar-refractivity contribution in [1.29, 1.82) is 0 Å². The lowest BCUT2D eigenvalue weighted by Gasteiger charge is -2.09. The van der Waals surface area contributed by atoms with Crippen LogP contribution in [-0.2, 0) is 24.0 Å². The van der Waals surface area contributed by atoms with Gasteiger partial charge in [-0.15, -0.1) is 5.06 Å². The van der Waals surface area contributed by atoms with Gasteiger partial charge in [0.15, 0.2) is 0 Å². The van der Waals surface area contributed by atoms with E-state index in [2.05, 4.69) is 10.2 Å². The topological polar surface area (TPSA) is 92.8 Å². The molecular weight excluding hydrogens is 319 g/mol. The fourth-order valence-electron chi connectivity index (χ4n) is 2.36. The Morgan fingerprint density at radius 3 is 2.21 bits per heavy atom. The van der Waals surface area contributed by atoms with Crippen LogP contribution >= 0.6 is 0 Å². The lowest BCUT2D eigenvalue weighted by molar-refractivity contribution is -0.195. The standard InChI is InChI=1S/C10H10FNO.C6H7NO4/c11-9-3-1-7(2-4-9)8-5-10(13)12-6-8;1-4(8)11-7-5(9)2-3-6(7)10/h1-4,8H,5-6H2,(H,12,13);2-3H2,1H3. The molecule has 1 N–H and O–H groups in total. The molecule has 0 saturated carbocycles. The van der Waals surface area contributed by atoms with Crippen molar-refractivity contribution in [1.82, 2.24) is 10.4 Å². The molecule has 3 rings (SSSR count). The highest BCUT2D eigenvalue weighted by molar-refractivity contribution is 6.01. The number of benzene rings is 1. The third-order valence-electron chi connectivity index (χ3n) is 3.54. The predicted octanol–water partition coefficient (Wildman–Crippen LogP) is 1.04. The van der Waals surface area contributed by atoms with E-state index in [0.29, 0.717) is 18.0 Å². The maximum Gasteiger partial charge on any atom is 0.330 e. The fraction of sp³-hybridized carbons (Fsp3) is 0.375. The van der Waals surface area contributed by atoms with Crippen LogP contribution in [-0.4, -0.2) is 35.3 Å². The third-order valence-corrected chi connectivity index (χ3v) is 3.54. The summed E-state index contributed by atoms with van der Waals surface area (Å²) in [5.41, 5.74) is 1.03. The molecule has 2 aliphatic rings. The van der Waals surface area contributed by atoms with E-state index in [9.17, 15) is 23.6 Å². The van der Waals surface area contributed by atoms with Crippen molar-refractivity contribution in [2.24, 2.45) is 0 Å². The van der Waals surface area contributed by atoms with Crippen molar-refractivity contribution in [3.8, 4) is 0 Å². The van der Waals surface area contributed by atoms with E-state index in [1.807, 2.05) is 0 Å². The SMILES string of the molecule is CC(=O)ON1C(=O)CCC1=O.O=C1CC(c2ccc(F)cc2)CN1. The molecule has 128 valence electrons. The molecule has 0 radical (unpaired) electrons. The largest absolute Gasteiger partial charge is 0.355 e. The Kier molecular flexibility index (Phi) is 5.62. The Balaban J connectivity index is 0.000000177. The van der Waals surface area contributed by atoms with E-state index >= 15 is 0 Å². The average Bonchev–Trinajstić information content (AvgIpc) is 3.09. The van der Waals surface area contributed by atoms with Crippen LogP contribution < -0.4 is 5.32 Å². The molecule has 24 heavy (non-hydrogen) atoms. The molecule has 1 aromatic rings. The highest BCUT2D eigenvalue weighted by Crippen LogP contribution is 2.22. The Morgan fingerprint density at radius 1 is 1.17 bits per heavy atom. The summed E-state index contributed by atoms with van der Waals surface area (Å²) in [6.07, 6.45) is 0.782. The fourth-order valence-corrected chi connectivity index (χ4v) is 2.36. The lowest BCUT2D eigenvalue weighted by atomic mass is 9.98. The summed E-state index contributed by atoms with van der Waals surface area (Å²) < 4.78 is 12.6. The molecule has 2 heterocycles. The van der Waals surface area contributed by atoms with Crippen LogP contribution in [0.25, 0.3) is 0 Å². The van der Waals surface area contributed by atoms with E-state index in [-0.39, 0.29) is 30.5 Å². The molecule has 8 heteroatoms. The van der Waals surface area contributed by atoms with Gasteiger partial charge in [0.25, 0.3) is 11.8 Å². The first-order valence-electron chi connectivity index (χ1n) is 7.43. The highest BCUT2D eigenvalue weighted by atomic mass is 19.1. The van der Waals surface area contributed by atoms with Gasteiger partial charge in [0.1, 0.15) is 5.82 Å². The van der Waals surface area contributed by atoms with Crippen molar-refractivity contribution < 1.29 is 28.4 Å². The first kappa shape index (κ1) is 17.6. The quantitative estimate of drug-likeness (QED) is 0.815. The van der Waals surface area contributed by atoms with E-state index in [1.165, 1.54) is 12.1 Å². The van der Waals surface area contributed by atoms with Crippen molar-refractivity contribution in [3.05, 3.63) is 35.6 Å². The smallest absolute Gasteiger partial charge is 0.330 e. The molecule has 7 nitrogen and oxygen atoms in total. The van der Waals surface area contributed by atoms with E-state index in [4.69, 9.17) is 0 Å². The molecule has 1 aromatic carbocycles. The zero-order chi connectivity index (χ0) is 17.7. The predicted molar refractivity (Wildman–Crippen MR) is 79.6 cm³/mol. The number of halogens is 1. The zero-order valence-corrected chi connectivity index (χ0v) is 13.1. The van der Waals surface area contributed by atoms with E-state index < -0.39 is 17.8 Å². The first-order valence-corrected chi connectivity index (χ1v) is 7.43. The number of hydroxylamine groups is 2. The van der Waals surface area contributed by atoms with Crippen molar-refractivity contribution in [3.63, 3.8) is 0 Å². The molecule has 2 aliphatic heterocycles. The van der Waals surface area contributed by atoms with Crippen molar-refractivity contribution in [2.45, 2.75) is 32.1 Å². The minimum Gasteiger partial charge on any atom is -0.355 e. The van der Waals surface area contributed by atoms with Gasteiger partial charge in [0, 0.05) is 38.6 Å². The number of hydrogen-bond acceptors (Lipinski definition) is 5. The first-order chi connectivity index (χ1) is 11.4. The van der Waals surface area contributed by atoms with Gasteiger partial charge < -0.3 is 10.2 Å². The summed E-state index contributed by atoms with van der Waals surface area (Å²) in [7, 11) is 0. The molecule has 3 amide bonds. The van der Waals surface area contributed by atoms with Crippen LogP contribution in [0.4, 0.5) is 4.39 Å². The molecule has 0 bridgehead atoms. The average molecular weight is 336 g/mol. The van der Waals surface area contributed by atoms with E-state index in [0.717, 1.165) is 12.5 Å². The minimum atomic E-state index is -0.659. The summed E-state index contributed by atoms with van der Waals surface area (Å²) in [4.78, 5) is 47.1. The maximum atomic E-state index is 12.6. The number of carbonyl (C=O) groups excluding carboxylic acids is 4. The van der Waals surface area contributed by atoms with Crippen LogP contribution in [0.1, 0.15) is 37.7 Å². The second kappa shape index (κ2) is 7.67. The van der Waals surface area contributed by atoms with Gasteiger partial charge >= 0.3 is 5.97 Å². The second-order valence-corrected chi connectivity index (χ2v) is 5.42. The van der Waals surface area contributed by atoms with Gasteiger partial charge in [-0.25, -0.2) is 9.18 Å². The van der Waals surface area contributed by atoms with Crippen LogP contribution in [0.2, 0.25) is 0 Å². The number of carbonyl (C=O) groups is 4. The number of nitrogens with zero attached hydrogens (tertiary/aromatic N) is 1. The molecule has 0 spiro atoms. The Morgan fingerprint density at radius 2 is 1.75 bits per heavy atom. The summed E-state index contributed by atoms with van der Waals surface area (Å²) in [6.45, 7) is 1.81. The lowest BCUT2D eigenvalue weighted by Crippen LogP contribution is -2.30. The third kappa shape index (κ3) is 4.61. The summed E-state index contributed by atoms with van der Waals surface area (Å²) in [6, 6.07) is 6.33. The van der Waals surface area contributed by atoms with Crippen LogP contribution in [0.3, 0.4) is 0 Å². The van der Waals surface area contributed by atoms with Crippen LogP contribution in [0.5, 0.6) is 0 Å². The number of nitrogens with one attached hydrogen (secondary N) is 1. The number of hydrogen-bond donors (Lipinski definition) is 1. The van der Waals surface area contributed by atoms with Crippen LogP contribution in [0, 0.1) is 5.82 Å². The molecule has 2 fully saturated rings. The Labute approximate surface area is 137 Å². The molecule has 2 saturated heterocycles. The van der Waals surface area contributed by atoms with Crippen molar-refractivity contribution in [2.75, 3.05) is 6.54 Å². The summed E-state index contributed by atoms with van der Waals surface area (Å²) >= 11 is 0. The molecular formula is C16H17FN2O5. The normalized spacial score (nSPS) is 19.7. The molecule has 1 unspecified atom stereocenters. The van der Waals surface area contributed by atoms with Gasteiger partial charge in [-0.1, -0.05) is 12.1 Å². The van der Waals surface area contributed by atoms with Gasteiger partial charge in [-0.2, -0.15) is 0 Å².